The SMILES string of the molecule is COc1cc(/C=C2\N=C(c3ccc(Cl)cc3Cl)OC2=O)cc(Cl)c1OCc1ccccc1Br. The van der Waals surface area contributed by atoms with Gasteiger partial charge in [0, 0.05) is 15.1 Å². The number of ether oxygens (including phenoxy) is 3. The van der Waals surface area contributed by atoms with Gasteiger partial charge in [-0.25, -0.2) is 9.79 Å². The Kier molecular flexibility index (Phi) is 7.29. The molecule has 0 bridgehead atoms. The Morgan fingerprint density at radius 3 is 2.58 bits per heavy atom. The van der Waals surface area contributed by atoms with E-state index in [1.807, 2.05) is 24.3 Å². The van der Waals surface area contributed by atoms with Crippen molar-refractivity contribution in [3.05, 3.63) is 96.5 Å². The van der Waals surface area contributed by atoms with Crippen molar-refractivity contribution >= 4 is 68.7 Å². The number of hydrogen-bond donors (Lipinski definition) is 0. The summed E-state index contributed by atoms with van der Waals surface area (Å²) in [5.74, 6) is 0.292. The van der Waals surface area contributed by atoms with Gasteiger partial charge in [-0.15, -0.1) is 0 Å². The molecule has 0 fully saturated rings. The number of hydrogen-bond acceptors (Lipinski definition) is 5. The summed E-state index contributed by atoms with van der Waals surface area (Å²) in [7, 11) is 1.51. The summed E-state index contributed by atoms with van der Waals surface area (Å²) >= 11 is 22.1. The van der Waals surface area contributed by atoms with E-state index in [9.17, 15) is 4.79 Å². The predicted molar refractivity (Wildman–Crippen MR) is 134 cm³/mol. The maximum absolute atomic E-state index is 12.4. The Morgan fingerprint density at radius 2 is 1.85 bits per heavy atom. The van der Waals surface area contributed by atoms with Gasteiger partial charge in [0.1, 0.15) is 6.61 Å². The van der Waals surface area contributed by atoms with Crippen molar-refractivity contribution in [1.29, 1.82) is 0 Å². The molecule has 168 valence electrons. The summed E-state index contributed by atoms with van der Waals surface area (Å²) in [5.41, 5.74) is 2.10. The standard InChI is InChI=1S/C24H15BrCl3NO4/c1-31-21-10-13(8-19(28)22(21)32-12-14-4-2-3-5-17(14)25)9-20-24(30)33-23(29-20)16-7-6-15(26)11-18(16)27/h2-11H,12H2,1H3/b20-9-. The Morgan fingerprint density at radius 1 is 1.06 bits per heavy atom. The van der Waals surface area contributed by atoms with E-state index in [1.54, 1.807) is 36.4 Å². The molecule has 33 heavy (non-hydrogen) atoms. The van der Waals surface area contributed by atoms with Crippen molar-refractivity contribution in [1.82, 2.24) is 0 Å². The molecule has 4 rings (SSSR count). The first-order valence-corrected chi connectivity index (χ1v) is 11.5. The van der Waals surface area contributed by atoms with Gasteiger partial charge in [0.2, 0.25) is 5.90 Å². The van der Waals surface area contributed by atoms with Crippen LogP contribution in [0.4, 0.5) is 0 Å². The van der Waals surface area contributed by atoms with E-state index in [2.05, 4.69) is 20.9 Å². The molecule has 0 aliphatic carbocycles. The average Bonchev–Trinajstić information content (AvgIpc) is 3.13. The molecule has 0 spiro atoms. The quantitative estimate of drug-likeness (QED) is 0.231. The lowest BCUT2D eigenvalue weighted by Crippen LogP contribution is -2.05. The minimum absolute atomic E-state index is 0.0935. The molecule has 1 heterocycles. The van der Waals surface area contributed by atoms with Gasteiger partial charge in [0.05, 0.1) is 22.7 Å². The smallest absolute Gasteiger partial charge is 0.363 e. The minimum Gasteiger partial charge on any atom is -0.493 e. The number of cyclic esters (lactones) is 1. The third-order valence-corrected chi connectivity index (χ3v) is 6.27. The van der Waals surface area contributed by atoms with Gasteiger partial charge in [-0.1, -0.05) is 68.9 Å². The second-order valence-corrected chi connectivity index (χ2v) is 8.98. The van der Waals surface area contributed by atoms with Crippen molar-refractivity contribution < 1.29 is 19.0 Å². The highest BCUT2D eigenvalue weighted by atomic mass is 79.9. The number of benzene rings is 3. The fourth-order valence-corrected chi connectivity index (χ4v) is 4.24. The third kappa shape index (κ3) is 5.36. The molecule has 9 heteroatoms. The number of esters is 1. The van der Waals surface area contributed by atoms with Crippen LogP contribution in [0.1, 0.15) is 16.7 Å². The van der Waals surface area contributed by atoms with E-state index in [1.165, 1.54) is 7.11 Å². The Labute approximate surface area is 213 Å². The van der Waals surface area contributed by atoms with Crippen LogP contribution in [0.15, 0.2) is 69.8 Å². The van der Waals surface area contributed by atoms with Gasteiger partial charge in [0.25, 0.3) is 0 Å². The summed E-state index contributed by atoms with van der Waals surface area (Å²) in [6.07, 6.45) is 1.55. The highest BCUT2D eigenvalue weighted by Gasteiger charge is 2.26. The number of halogens is 4. The molecular weight excluding hydrogens is 553 g/mol. The van der Waals surface area contributed by atoms with E-state index < -0.39 is 5.97 Å². The summed E-state index contributed by atoms with van der Waals surface area (Å²) in [6.45, 7) is 0.291. The maximum Gasteiger partial charge on any atom is 0.363 e. The second kappa shape index (κ2) is 10.2. The fraction of sp³-hybridized carbons (Fsp3) is 0.0833. The largest absolute Gasteiger partial charge is 0.493 e. The van der Waals surface area contributed by atoms with Crippen molar-refractivity contribution in [2.45, 2.75) is 6.61 Å². The molecule has 0 saturated heterocycles. The van der Waals surface area contributed by atoms with E-state index in [-0.39, 0.29) is 11.6 Å². The molecule has 0 unspecified atom stereocenters. The second-order valence-electron chi connectivity index (χ2n) is 6.87. The zero-order chi connectivity index (χ0) is 23.5. The summed E-state index contributed by atoms with van der Waals surface area (Å²) in [5, 5.41) is 1.12. The van der Waals surface area contributed by atoms with Crippen LogP contribution in [-0.2, 0) is 16.1 Å². The molecule has 1 aliphatic rings. The molecule has 0 N–H and O–H groups in total. The van der Waals surface area contributed by atoms with Crippen LogP contribution in [0.25, 0.3) is 6.08 Å². The number of methoxy groups -OCH3 is 1. The lowest BCUT2D eigenvalue weighted by atomic mass is 10.1. The maximum atomic E-state index is 12.4. The van der Waals surface area contributed by atoms with Crippen LogP contribution in [0, 0.1) is 0 Å². The molecule has 3 aromatic carbocycles. The molecule has 5 nitrogen and oxygen atoms in total. The lowest BCUT2D eigenvalue weighted by molar-refractivity contribution is -0.129. The third-order valence-electron chi connectivity index (χ3n) is 4.67. The number of rotatable bonds is 6. The highest BCUT2D eigenvalue weighted by molar-refractivity contribution is 9.10. The molecule has 0 atom stereocenters. The summed E-state index contributed by atoms with van der Waals surface area (Å²) in [4.78, 5) is 16.6. The first kappa shape index (κ1) is 23.6. The summed E-state index contributed by atoms with van der Waals surface area (Å²) < 4.78 is 17.6. The lowest BCUT2D eigenvalue weighted by Gasteiger charge is -2.14. The van der Waals surface area contributed by atoms with Crippen LogP contribution in [-0.4, -0.2) is 19.0 Å². The van der Waals surface area contributed by atoms with E-state index in [4.69, 9.17) is 49.0 Å². The van der Waals surface area contributed by atoms with Gasteiger partial charge < -0.3 is 14.2 Å². The topological polar surface area (TPSA) is 57.1 Å². The Bertz CT molecular complexity index is 1310. The number of aliphatic imine (C=N–C) groups is 1. The number of carbonyl (C=O) groups is 1. The van der Waals surface area contributed by atoms with Crippen molar-refractivity contribution in [2.24, 2.45) is 4.99 Å². The van der Waals surface area contributed by atoms with E-state index in [0.717, 1.165) is 10.0 Å². The first-order chi connectivity index (χ1) is 15.9. The van der Waals surface area contributed by atoms with Crippen LogP contribution >= 0.6 is 50.7 Å². The monoisotopic (exact) mass is 565 g/mol. The molecular formula is C24H15BrCl3NO4. The van der Waals surface area contributed by atoms with Crippen LogP contribution < -0.4 is 9.47 Å². The van der Waals surface area contributed by atoms with E-state index in [0.29, 0.717) is 44.3 Å². The van der Waals surface area contributed by atoms with Crippen molar-refractivity contribution in [3.8, 4) is 11.5 Å². The molecule has 0 radical (unpaired) electrons. The zero-order valence-electron chi connectivity index (χ0n) is 17.1. The first-order valence-electron chi connectivity index (χ1n) is 9.57. The van der Waals surface area contributed by atoms with Gasteiger partial charge in [0.15, 0.2) is 17.2 Å². The Hall–Kier alpha value is -2.51. The predicted octanol–water partition coefficient (Wildman–Crippen LogP) is 7.34. The molecule has 0 aromatic heterocycles. The van der Waals surface area contributed by atoms with Crippen LogP contribution in [0.2, 0.25) is 15.1 Å². The van der Waals surface area contributed by atoms with Crippen molar-refractivity contribution in [3.63, 3.8) is 0 Å². The molecule has 1 aliphatic heterocycles. The van der Waals surface area contributed by atoms with Crippen molar-refractivity contribution in [2.75, 3.05) is 7.11 Å². The van der Waals surface area contributed by atoms with Crippen LogP contribution in [0.3, 0.4) is 0 Å². The van der Waals surface area contributed by atoms with Gasteiger partial charge in [-0.3, -0.25) is 0 Å². The number of carbonyl (C=O) groups excluding carboxylic acids is 1. The normalized spacial score (nSPS) is 14.3. The fourth-order valence-electron chi connectivity index (χ4n) is 3.07. The molecule has 0 saturated carbocycles. The van der Waals surface area contributed by atoms with Crippen LogP contribution in [0.5, 0.6) is 11.5 Å². The minimum atomic E-state index is -0.611. The van der Waals surface area contributed by atoms with Gasteiger partial charge in [-0.2, -0.15) is 0 Å². The summed E-state index contributed by atoms with van der Waals surface area (Å²) in [6, 6.07) is 15.9. The molecule has 0 amide bonds. The van der Waals surface area contributed by atoms with Gasteiger partial charge >= 0.3 is 5.97 Å². The van der Waals surface area contributed by atoms with E-state index >= 15 is 0 Å². The van der Waals surface area contributed by atoms with Gasteiger partial charge in [-0.05, 0) is 48.0 Å². The number of nitrogens with zero attached hydrogens (tertiary/aromatic N) is 1. The highest BCUT2D eigenvalue weighted by Crippen LogP contribution is 2.38. The zero-order valence-corrected chi connectivity index (χ0v) is 20.9. The average molecular weight is 568 g/mol. The Balaban J connectivity index is 1.61. The molecule has 3 aromatic rings.